The Labute approximate surface area is 66.9 Å². The standard InChI is InChI=1S/C8H15NO2/c9-5-7-2-1-3-8(4-7)11-6-10/h6-8H,1-5,9H2. The molecular formula is C8H15NO2. The van der Waals surface area contributed by atoms with Crippen LogP contribution >= 0.6 is 0 Å². The molecule has 0 saturated heterocycles. The normalized spacial score (nSPS) is 31.4. The lowest BCUT2D eigenvalue weighted by Crippen LogP contribution is -2.27. The molecule has 1 saturated carbocycles. The van der Waals surface area contributed by atoms with Gasteiger partial charge in [-0.05, 0) is 38.1 Å². The Morgan fingerprint density at radius 2 is 2.36 bits per heavy atom. The lowest BCUT2D eigenvalue weighted by atomic mass is 9.87. The average Bonchev–Trinajstić information content (AvgIpc) is 2.06. The van der Waals surface area contributed by atoms with Crippen LogP contribution in [0.1, 0.15) is 25.7 Å². The van der Waals surface area contributed by atoms with Crippen molar-refractivity contribution in [1.82, 2.24) is 0 Å². The fourth-order valence-corrected chi connectivity index (χ4v) is 1.66. The van der Waals surface area contributed by atoms with E-state index in [1.165, 1.54) is 6.42 Å². The highest BCUT2D eigenvalue weighted by Gasteiger charge is 2.21. The number of carbonyl (C=O) groups is 1. The SMILES string of the molecule is NCC1CCCC(OC=O)C1. The second kappa shape index (κ2) is 4.34. The molecule has 0 heterocycles. The van der Waals surface area contributed by atoms with Gasteiger partial charge < -0.3 is 10.5 Å². The average molecular weight is 157 g/mol. The molecule has 1 rings (SSSR count). The molecule has 64 valence electrons. The topological polar surface area (TPSA) is 52.3 Å². The summed E-state index contributed by atoms with van der Waals surface area (Å²) in [6.07, 6.45) is 4.43. The minimum absolute atomic E-state index is 0.134. The smallest absolute Gasteiger partial charge is 0.293 e. The Morgan fingerprint density at radius 3 is 3.00 bits per heavy atom. The lowest BCUT2D eigenvalue weighted by molar-refractivity contribution is -0.135. The second-order valence-corrected chi connectivity index (χ2v) is 3.12. The molecule has 0 aliphatic heterocycles. The van der Waals surface area contributed by atoms with Gasteiger partial charge in [-0.25, -0.2) is 0 Å². The molecule has 2 unspecified atom stereocenters. The molecule has 2 atom stereocenters. The third-order valence-corrected chi connectivity index (χ3v) is 2.32. The van der Waals surface area contributed by atoms with Gasteiger partial charge in [0.2, 0.25) is 0 Å². The van der Waals surface area contributed by atoms with Crippen LogP contribution in [0.5, 0.6) is 0 Å². The molecule has 0 bridgehead atoms. The lowest BCUT2D eigenvalue weighted by Gasteiger charge is -2.26. The molecule has 0 amide bonds. The third-order valence-electron chi connectivity index (χ3n) is 2.32. The molecule has 1 aliphatic rings. The third kappa shape index (κ3) is 2.50. The maximum absolute atomic E-state index is 10.0. The molecule has 1 aliphatic carbocycles. The van der Waals surface area contributed by atoms with Gasteiger partial charge in [0.15, 0.2) is 0 Å². The van der Waals surface area contributed by atoms with Gasteiger partial charge in [0.25, 0.3) is 6.47 Å². The van der Waals surface area contributed by atoms with Crippen molar-refractivity contribution in [3.8, 4) is 0 Å². The number of hydrogen-bond donors (Lipinski definition) is 1. The molecule has 2 N–H and O–H groups in total. The van der Waals surface area contributed by atoms with Crippen LogP contribution in [0.25, 0.3) is 0 Å². The van der Waals surface area contributed by atoms with E-state index in [1.54, 1.807) is 0 Å². The van der Waals surface area contributed by atoms with E-state index in [9.17, 15) is 4.79 Å². The monoisotopic (exact) mass is 157 g/mol. The molecule has 0 radical (unpaired) electrons. The van der Waals surface area contributed by atoms with E-state index in [4.69, 9.17) is 10.5 Å². The molecule has 11 heavy (non-hydrogen) atoms. The van der Waals surface area contributed by atoms with Crippen LogP contribution < -0.4 is 5.73 Å². The summed E-state index contributed by atoms with van der Waals surface area (Å²) in [6.45, 7) is 1.27. The molecule has 0 aromatic carbocycles. The summed E-state index contributed by atoms with van der Waals surface area (Å²) in [7, 11) is 0. The Morgan fingerprint density at radius 1 is 1.55 bits per heavy atom. The van der Waals surface area contributed by atoms with Crippen LogP contribution in [-0.2, 0) is 9.53 Å². The zero-order chi connectivity index (χ0) is 8.10. The highest BCUT2D eigenvalue weighted by atomic mass is 16.5. The molecule has 3 nitrogen and oxygen atoms in total. The van der Waals surface area contributed by atoms with Crippen molar-refractivity contribution >= 4 is 6.47 Å². The highest BCUT2D eigenvalue weighted by Crippen LogP contribution is 2.24. The summed E-state index contributed by atoms with van der Waals surface area (Å²) in [4.78, 5) is 10.0. The van der Waals surface area contributed by atoms with Crippen LogP contribution in [0, 0.1) is 5.92 Å². The summed E-state index contributed by atoms with van der Waals surface area (Å²) in [5, 5.41) is 0. The van der Waals surface area contributed by atoms with Gasteiger partial charge in [0.1, 0.15) is 6.10 Å². The van der Waals surface area contributed by atoms with E-state index in [-0.39, 0.29) is 6.10 Å². The zero-order valence-electron chi connectivity index (χ0n) is 6.66. The van der Waals surface area contributed by atoms with Gasteiger partial charge >= 0.3 is 0 Å². The summed E-state index contributed by atoms with van der Waals surface area (Å²) >= 11 is 0. The number of hydrogen-bond acceptors (Lipinski definition) is 3. The molecule has 0 aromatic rings. The number of carbonyl (C=O) groups excluding carboxylic acids is 1. The first-order valence-corrected chi connectivity index (χ1v) is 4.16. The molecular weight excluding hydrogens is 142 g/mol. The van der Waals surface area contributed by atoms with Crippen molar-refractivity contribution in [2.45, 2.75) is 31.8 Å². The first-order chi connectivity index (χ1) is 5.36. The molecule has 3 heteroatoms. The molecule has 0 spiro atoms. The van der Waals surface area contributed by atoms with E-state index < -0.39 is 0 Å². The molecule has 1 fully saturated rings. The Kier molecular flexibility index (Phi) is 3.36. The van der Waals surface area contributed by atoms with Crippen LogP contribution in [0.4, 0.5) is 0 Å². The van der Waals surface area contributed by atoms with Gasteiger partial charge in [-0.2, -0.15) is 0 Å². The van der Waals surface area contributed by atoms with Gasteiger partial charge in [0.05, 0.1) is 0 Å². The van der Waals surface area contributed by atoms with Gasteiger partial charge in [-0.15, -0.1) is 0 Å². The molecule has 0 aromatic heterocycles. The Bertz CT molecular complexity index is 127. The van der Waals surface area contributed by atoms with Crippen molar-refractivity contribution in [3.63, 3.8) is 0 Å². The fourth-order valence-electron chi connectivity index (χ4n) is 1.66. The quantitative estimate of drug-likeness (QED) is 0.613. The van der Waals surface area contributed by atoms with Gasteiger partial charge in [-0.3, -0.25) is 4.79 Å². The first kappa shape index (κ1) is 8.53. The van der Waals surface area contributed by atoms with E-state index in [2.05, 4.69) is 0 Å². The maximum atomic E-state index is 10.0. The minimum atomic E-state index is 0.134. The van der Waals surface area contributed by atoms with Crippen LogP contribution in [-0.4, -0.2) is 19.1 Å². The van der Waals surface area contributed by atoms with Crippen LogP contribution in [0.15, 0.2) is 0 Å². The predicted molar refractivity (Wildman–Crippen MR) is 41.9 cm³/mol. The Hall–Kier alpha value is -0.570. The first-order valence-electron chi connectivity index (χ1n) is 4.16. The minimum Gasteiger partial charge on any atom is -0.465 e. The number of nitrogens with two attached hydrogens (primary N) is 1. The van der Waals surface area contributed by atoms with Crippen LogP contribution in [0.2, 0.25) is 0 Å². The predicted octanol–water partition coefficient (Wildman–Crippen LogP) is 0.677. The van der Waals surface area contributed by atoms with Crippen LogP contribution in [0.3, 0.4) is 0 Å². The van der Waals surface area contributed by atoms with Crippen molar-refractivity contribution in [3.05, 3.63) is 0 Å². The fraction of sp³-hybridized carbons (Fsp3) is 0.875. The number of rotatable bonds is 3. The van der Waals surface area contributed by atoms with E-state index in [0.717, 1.165) is 25.8 Å². The van der Waals surface area contributed by atoms with E-state index in [0.29, 0.717) is 12.4 Å². The summed E-state index contributed by atoms with van der Waals surface area (Å²) < 4.78 is 4.88. The van der Waals surface area contributed by atoms with E-state index >= 15 is 0 Å². The largest absolute Gasteiger partial charge is 0.465 e. The summed E-state index contributed by atoms with van der Waals surface area (Å²) in [5.41, 5.74) is 5.52. The van der Waals surface area contributed by atoms with Crippen molar-refractivity contribution < 1.29 is 9.53 Å². The van der Waals surface area contributed by atoms with Gasteiger partial charge in [-0.1, -0.05) is 0 Å². The van der Waals surface area contributed by atoms with E-state index in [1.807, 2.05) is 0 Å². The highest BCUT2D eigenvalue weighted by molar-refractivity contribution is 5.37. The van der Waals surface area contributed by atoms with Crippen molar-refractivity contribution in [1.29, 1.82) is 0 Å². The van der Waals surface area contributed by atoms with Gasteiger partial charge in [0, 0.05) is 0 Å². The van der Waals surface area contributed by atoms with Crippen molar-refractivity contribution in [2.75, 3.05) is 6.54 Å². The maximum Gasteiger partial charge on any atom is 0.293 e. The number of ether oxygens (including phenoxy) is 1. The second-order valence-electron chi connectivity index (χ2n) is 3.12. The summed E-state index contributed by atoms with van der Waals surface area (Å²) in [6, 6.07) is 0. The Balaban J connectivity index is 2.27. The van der Waals surface area contributed by atoms with Crippen molar-refractivity contribution in [2.24, 2.45) is 11.7 Å². The summed E-state index contributed by atoms with van der Waals surface area (Å²) in [5.74, 6) is 0.564. The zero-order valence-corrected chi connectivity index (χ0v) is 6.66.